The number of carbonyl (C=O) groups excluding carboxylic acids is 1. The van der Waals surface area contributed by atoms with Crippen LogP contribution >= 0.6 is 0 Å². The van der Waals surface area contributed by atoms with Gasteiger partial charge in [-0.2, -0.15) is 0 Å². The maximum Gasteiger partial charge on any atom is 0.221 e. The molecule has 4 nitrogen and oxygen atoms in total. The van der Waals surface area contributed by atoms with E-state index >= 15 is 0 Å². The monoisotopic (exact) mass is 377 g/mol. The van der Waals surface area contributed by atoms with Gasteiger partial charge in [-0.3, -0.25) is 4.79 Å². The van der Waals surface area contributed by atoms with E-state index in [2.05, 4.69) is 60.8 Å². The van der Waals surface area contributed by atoms with Gasteiger partial charge < -0.3 is 15.5 Å². The van der Waals surface area contributed by atoms with Crippen molar-refractivity contribution in [3.8, 4) is 0 Å². The van der Waals surface area contributed by atoms with Gasteiger partial charge in [0, 0.05) is 19.4 Å². The van der Waals surface area contributed by atoms with Crippen LogP contribution in [0.3, 0.4) is 0 Å². The molecule has 1 unspecified atom stereocenters. The molecule has 27 heavy (non-hydrogen) atoms. The number of allylic oxidation sites excluding steroid dienone is 8. The minimum atomic E-state index is -0.945. The standard InChI is InChI=1S/C23H39NO3/c1-2-3-4-5-6-7-8-9-10-11-12-13-14-15-16-17-18-19-22(26)24-23(27)20-21-25/h6-7,9-10,12-13,15-16,23,25,27H,2-5,8,11,14,17-21H2,1H3,(H,24,26)/b7-6-,10-9-,13-12-,16-15-. The number of aliphatic hydroxyl groups is 2. The molecule has 0 spiro atoms. The number of amides is 1. The van der Waals surface area contributed by atoms with Crippen LogP contribution in [0.15, 0.2) is 48.6 Å². The number of unbranched alkanes of at least 4 members (excludes halogenated alkanes) is 4. The quantitative estimate of drug-likeness (QED) is 0.191. The Bertz CT molecular complexity index is 453. The van der Waals surface area contributed by atoms with E-state index in [1.54, 1.807) is 0 Å². The van der Waals surface area contributed by atoms with Crippen LogP contribution in [0.5, 0.6) is 0 Å². The largest absolute Gasteiger partial charge is 0.396 e. The lowest BCUT2D eigenvalue weighted by Gasteiger charge is -2.10. The zero-order valence-electron chi connectivity index (χ0n) is 17.0. The van der Waals surface area contributed by atoms with Crippen LogP contribution in [0.2, 0.25) is 0 Å². The molecular formula is C23H39NO3. The predicted molar refractivity (Wildman–Crippen MR) is 114 cm³/mol. The molecule has 154 valence electrons. The third-order valence-electron chi connectivity index (χ3n) is 3.96. The Morgan fingerprint density at radius 3 is 1.89 bits per heavy atom. The molecule has 0 aromatic carbocycles. The van der Waals surface area contributed by atoms with Gasteiger partial charge in [0.2, 0.25) is 5.91 Å². The number of rotatable bonds is 17. The highest BCUT2D eigenvalue weighted by atomic mass is 16.3. The van der Waals surface area contributed by atoms with E-state index in [0.717, 1.165) is 32.1 Å². The number of nitrogens with one attached hydrogen (secondary N) is 1. The third kappa shape index (κ3) is 20.5. The second-order valence-electron chi connectivity index (χ2n) is 6.58. The van der Waals surface area contributed by atoms with Crippen LogP contribution in [-0.4, -0.2) is 29.0 Å². The van der Waals surface area contributed by atoms with Gasteiger partial charge in [0.15, 0.2) is 0 Å². The maximum absolute atomic E-state index is 11.5. The molecule has 4 heteroatoms. The van der Waals surface area contributed by atoms with Gasteiger partial charge in [-0.15, -0.1) is 0 Å². The van der Waals surface area contributed by atoms with Crippen molar-refractivity contribution in [3.05, 3.63) is 48.6 Å². The Hall–Kier alpha value is -1.65. The molecular weight excluding hydrogens is 338 g/mol. The van der Waals surface area contributed by atoms with E-state index in [1.165, 1.54) is 25.7 Å². The Morgan fingerprint density at radius 1 is 0.852 bits per heavy atom. The van der Waals surface area contributed by atoms with Crippen molar-refractivity contribution in [1.29, 1.82) is 0 Å². The van der Waals surface area contributed by atoms with Gasteiger partial charge in [-0.1, -0.05) is 68.4 Å². The lowest BCUT2D eigenvalue weighted by atomic mass is 10.2. The average Bonchev–Trinajstić information content (AvgIpc) is 2.64. The molecule has 0 bridgehead atoms. The van der Waals surface area contributed by atoms with E-state index in [9.17, 15) is 9.90 Å². The van der Waals surface area contributed by atoms with Crippen molar-refractivity contribution < 1.29 is 15.0 Å². The van der Waals surface area contributed by atoms with Gasteiger partial charge in [0.25, 0.3) is 0 Å². The Balaban J connectivity index is 3.52. The topological polar surface area (TPSA) is 69.6 Å². The molecule has 0 radical (unpaired) electrons. The van der Waals surface area contributed by atoms with Gasteiger partial charge >= 0.3 is 0 Å². The van der Waals surface area contributed by atoms with E-state index < -0.39 is 6.23 Å². The van der Waals surface area contributed by atoms with Crippen LogP contribution in [0.25, 0.3) is 0 Å². The van der Waals surface area contributed by atoms with Crippen molar-refractivity contribution in [2.75, 3.05) is 6.61 Å². The first-order chi connectivity index (χ1) is 13.2. The van der Waals surface area contributed by atoms with Crippen molar-refractivity contribution >= 4 is 5.91 Å². The molecule has 0 rings (SSSR count). The molecule has 1 atom stereocenters. The van der Waals surface area contributed by atoms with Crippen LogP contribution < -0.4 is 5.32 Å². The summed E-state index contributed by atoms with van der Waals surface area (Å²) in [5.41, 5.74) is 0. The molecule has 0 aliphatic carbocycles. The van der Waals surface area contributed by atoms with E-state index in [4.69, 9.17) is 5.11 Å². The van der Waals surface area contributed by atoms with Crippen LogP contribution in [0.4, 0.5) is 0 Å². The zero-order chi connectivity index (χ0) is 20.0. The molecule has 0 fully saturated rings. The highest BCUT2D eigenvalue weighted by molar-refractivity contribution is 5.75. The second-order valence-corrected chi connectivity index (χ2v) is 6.58. The molecule has 0 aliphatic heterocycles. The highest BCUT2D eigenvalue weighted by Crippen LogP contribution is 2.01. The summed E-state index contributed by atoms with van der Waals surface area (Å²) in [4.78, 5) is 11.5. The lowest BCUT2D eigenvalue weighted by molar-refractivity contribution is -0.124. The van der Waals surface area contributed by atoms with Gasteiger partial charge in [0.05, 0.1) is 0 Å². The molecule has 1 amide bonds. The number of aliphatic hydroxyl groups excluding tert-OH is 2. The van der Waals surface area contributed by atoms with Gasteiger partial charge in [-0.05, 0) is 44.9 Å². The third-order valence-corrected chi connectivity index (χ3v) is 3.96. The zero-order valence-corrected chi connectivity index (χ0v) is 17.0. The van der Waals surface area contributed by atoms with Gasteiger partial charge in [0.1, 0.15) is 6.23 Å². The van der Waals surface area contributed by atoms with Crippen LogP contribution in [0.1, 0.15) is 77.6 Å². The summed E-state index contributed by atoms with van der Waals surface area (Å²) >= 11 is 0. The Labute approximate surface area is 165 Å². The summed E-state index contributed by atoms with van der Waals surface area (Å²) in [6, 6.07) is 0. The minimum Gasteiger partial charge on any atom is -0.396 e. The highest BCUT2D eigenvalue weighted by Gasteiger charge is 2.06. The van der Waals surface area contributed by atoms with Crippen LogP contribution in [-0.2, 0) is 4.79 Å². The van der Waals surface area contributed by atoms with Crippen LogP contribution in [0, 0.1) is 0 Å². The van der Waals surface area contributed by atoms with Gasteiger partial charge in [-0.25, -0.2) is 0 Å². The van der Waals surface area contributed by atoms with Crippen molar-refractivity contribution in [2.45, 2.75) is 83.8 Å². The predicted octanol–water partition coefficient (Wildman–Crippen LogP) is 4.95. The molecule has 0 saturated heterocycles. The number of hydrogen-bond acceptors (Lipinski definition) is 3. The summed E-state index contributed by atoms with van der Waals surface area (Å²) in [6.07, 6.45) is 26.7. The first-order valence-electron chi connectivity index (χ1n) is 10.4. The Kier molecular flexibility index (Phi) is 19.4. The second kappa shape index (κ2) is 20.7. The normalized spacial score (nSPS) is 13.4. The lowest BCUT2D eigenvalue weighted by Crippen LogP contribution is -2.35. The fraction of sp³-hybridized carbons (Fsp3) is 0.609. The summed E-state index contributed by atoms with van der Waals surface area (Å²) in [7, 11) is 0. The fourth-order valence-corrected chi connectivity index (χ4v) is 2.39. The summed E-state index contributed by atoms with van der Waals surface area (Å²) in [5, 5.41) is 20.4. The molecule has 0 heterocycles. The van der Waals surface area contributed by atoms with E-state index in [-0.39, 0.29) is 18.9 Å². The van der Waals surface area contributed by atoms with Crippen molar-refractivity contribution in [3.63, 3.8) is 0 Å². The van der Waals surface area contributed by atoms with Crippen molar-refractivity contribution in [2.24, 2.45) is 0 Å². The molecule has 0 saturated carbocycles. The summed E-state index contributed by atoms with van der Waals surface area (Å²) in [5.74, 6) is -0.174. The van der Waals surface area contributed by atoms with E-state index in [0.29, 0.717) is 6.42 Å². The first kappa shape index (κ1) is 25.4. The van der Waals surface area contributed by atoms with E-state index in [1.807, 2.05) is 0 Å². The molecule has 0 aromatic heterocycles. The SMILES string of the molecule is CCCCC/C=C\C/C=C\C/C=C\C/C=C\CCCC(=O)NC(O)CCO. The smallest absolute Gasteiger partial charge is 0.221 e. The Morgan fingerprint density at radius 2 is 1.37 bits per heavy atom. The van der Waals surface area contributed by atoms with Crippen molar-refractivity contribution in [1.82, 2.24) is 5.32 Å². The minimum absolute atomic E-state index is 0.135. The molecule has 0 aromatic rings. The fourth-order valence-electron chi connectivity index (χ4n) is 2.39. The summed E-state index contributed by atoms with van der Waals surface area (Å²) in [6.45, 7) is 2.09. The first-order valence-corrected chi connectivity index (χ1v) is 10.4. The number of hydrogen-bond donors (Lipinski definition) is 3. The molecule has 0 aliphatic rings. The molecule has 3 N–H and O–H groups in total. The maximum atomic E-state index is 11.5. The summed E-state index contributed by atoms with van der Waals surface area (Å²) < 4.78 is 0. The number of carbonyl (C=O) groups is 1. The average molecular weight is 378 g/mol.